The van der Waals surface area contributed by atoms with E-state index in [1.165, 1.54) is 25.1 Å². The molecule has 0 bridgehead atoms. The number of carbonyl (C=O) groups excluding carboxylic acids is 1. The van der Waals surface area contributed by atoms with Crippen molar-refractivity contribution < 1.29 is 24.3 Å². The van der Waals surface area contributed by atoms with Crippen molar-refractivity contribution in [3.05, 3.63) is 33.9 Å². The molecule has 0 aromatic heterocycles. The smallest absolute Gasteiger partial charge is 0.341 e. The van der Waals surface area contributed by atoms with E-state index in [1.807, 2.05) is 0 Å². The molecule has 0 aliphatic rings. The van der Waals surface area contributed by atoms with Gasteiger partial charge in [-0.15, -0.1) is 0 Å². The summed E-state index contributed by atoms with van der Waals surface area (Å²) in [6.45, 7) is 2.53. The molecule has 1 N–H and O–H groups in total. The van der Waals surface area contributed by atoms with Crippen molar-refractivity contribution in [2.45, 2.75) is 19.4 Å². The largest absolute Gasteiger partial charge is 0.490 e. The van der Waals surface area contributed by atoms with E-state index in [1.54, 1.807) is 6.92 Å². The first-order chi connectivity index (χ1) is 8.77. The number of aryl methyl sites for hydroxylation is 1. The topological polar surface area (TPSA) is 98.9 Å². The van der Waals surface area contributed by atoms with Crippen molar-refractivity contribution in [2.24, 2.45) is 0 Å². The number of hydrogen-bond donors (Lipinski definition) is 1. The first-order valence-electron chi connectivity index (χ1n) is 5.46. The van der Waals surface area contributed by atoms with Crippen molar-refractivity contribution in [1.29, 1.82) is 0 Å². The first-order valence-corrected chi connectivity index (χ1v) is 5.46. The van der Waals surface area contributed by atoms with Gasteiger partial charge < -0.3 is 14.6 Å². The van der Waals surface area contributed by atoms with Gasteiger partial charge in [0.1, 0.15) is 12.4 Å². The lowest BCUT2D eigenvalue weighted by molar-refractivity contribution is -0.385. The van der Waals surface area contributed by atoms with Crippen molar-refractivity contribution in [2.75, 3.05) is 13.7 Å². The van der Waals surface area contributed by atoms with Crippen LogP contribution in [0.25, 0.3) is 0 Å². The Morgan fingerprint density at radius 1 is 1.53 bits per heavy atom. The van der Waals surface area contributed by atoms with Crippen LogP contribution in [0.3, 0.4) is 0 Å². The fraction of sp³-hybridized carbons (Fsp3) is 0.417. The van der Waals surface area contributed by atoms with Crippen LogP contribution in [-0.2, 0) is 9.53 Å². The Hall–Kier alpha value is -2.15. The van der Waals surface area contributed by atoms with Crippen LogP contribution in [0.15, 0.2) is 18.2 Å². The van der Waals surface area contributed by atoms with E-state index in [9.17, 15) is 20.0 Å². The summed E-state index contributed by atoms with van der Waals surface area (Å²) >= 11 is 0. The number of nitro groups is 1. The Morgan fingerprint density at radius 3 is 2.63 bits per heavy atom. The standard InChI is InChI=1S/C12H15NO6/c1-8-6-9(4-5-10(8)13(16)17)19-7-12(2,15)11(14)18-3/h4-6,15H,7H2,1-3H3. The normalized spacial score (nSPS) is 13.5. The number of benzene rings is 1. The summed E-state index contributed by atoms with van der Waals surface area (Å²) in [5.74, 6) is -0.488. The summed E-state index contributed by atoms with van der Waals surface area (Å²) in [5, 5.41) is 20.4. The quantitative estimate of drug-likeness (QED) is 0.490. The molecule has 19 heavy (non-hydrogen) atoms. The van der Waals surface area contributed by atoms with Gasteiger partial charge in [-0.2, -0.15) is 0 Å². The third-order valence-electron chi connectivity index (χ3n) is 2.51. The summed E-state index contributed by atoms with van der Waals surface area (Å²) in [7, 11) is 1.16. The SMILES string of the molecule is COC(=O)C(C)(O)COc1ccc([N+](=O)[O-])c(C)c1. The highest BCUT2D eigenvalue weighted by Crippen LogP contribution is 2.23. The maximum absolute atomic E-state index is 11.2. The molecule has 0 radical (unpaired) electrons. The fourth-order valence-electron chi connectivity index (χ4n) is 1.43. The molecule has 7 nitrogen and oxygen atoms in total. The number of nitrogens with zero attached hydrogens (tertiary/aromatic N) is 1. The summed E-state index contributed by atoms with van der Waals surface area (Å²) in [6.07, 6.45) is 0. The Bertz CT molecular complexity index is 497. The van der Waals surface area contributed by atoms with Crippen molar-refractivity contribution >= 4 is 11.7 Å². The molecule has 0 amide bonds. The van der Waals surface area contributed by atoms with Gasteiger partial charge in [0.05, 0.1) is 12.0 Å². The molecule has 1 rings (SSSR count). The second-order valence-electron chi connectivity index (χ2n) is 4.26. The fourth-order valence-corrected chi connectivity index (χ4v) is 1.43. The minimum absolute atomic E-state index is 0.0212. The zero-order valence-corrected chi connectivity index (χ0v) is 10.9. The van der Waals surface area contributed by atoms with Gasteiger partial charge in [0.15, 0.2) is 5.60 Å². The Kier molecular flexibility index (Phi) is 4.44. The van der Waals surface area contributed by atoms with E-state index in [-0.39, 0.29) is 12.3 Å². The molecule has 0 saturated heterocycles. The van der Waals surface area contributed by atoms with Gasteiger partial charge in [-0.1, -0.05) is 0 Å². The van der Waals surface area contributed by atoms with E-state index in [4.69, 9.17) is 4.74 Å². The number of aliphatic hydroxyl groups is 1. The van der Waals surface area contributed by atoms with Gasteiger partial charge in [0.2, 0.25) is 0 Å². The molecule has 0 aliphatic heterocycles. The van der Waals surface area contributed by atoms with Crippen LogP contribution in [-0.4, -0.2) is 35.3 Å². The molecular formula is C12H15NO6. The molecule has 0 heterocycles. The van der Waals surface area contributed by atoms with Crippen LogP contribution in [0, 0.1) is 17.0 Å². The van der Waals surface area contributed by atoms with Crippen LogP contribution in [0.5, 0.6) is 5.75 Å². The lowest BCUT2D eigenvalue weighted by Crippen LogP contribution is -2.42. The monoisotopic (exact) mass is 269 g/mol. The second kappa shape index (κ2) is 5.66. The van der Waals surface area contributed by atoms with Gasteiger partial charge >= 0.3 is 5.97 Å². The maximum Gasteiger partial charge on any atom is 0.341 e. The molecule has 0 fully saturated rings. The number of nitro benzene ring substituents is 1. The number of methoxy groups -OCH3 is 1. The van der Waals surface area contributed by atoms with Crippen LogP contribution < -0.4 is 4.74 Å². The lowest BCUT2D eigenvalue weighted by Gasteiger charge is -2.20. The lowest BCUT2D eigenvalue weighted by atomic mass is 10.1. The predicted molar refractivity (Wildman–Crippen MR) is 66.0 cm³/mol. The van der Waals surface area contributed by atoms with Crippen LogP contribution >= 0.6 is 0 Å². The highest BCUT2D eigenvalue weighted by molar-refractivity contribution is 5.78. The molecule has 7 heteroatoms. The third kappa shape index (κ3) is 3.65. The van der Waals surface area contributed by atoms with Gasteiger partial charge in [-0.3, -0.25) is 10.1 Å². The molecule has 0 aliphatic carbocycles. The highest BCUT2D eigenvalue weighted by Gasteiger charge is 2.32. The van der Waals surface area contributed by atoms with Crippen LogP contribution in [0.2, 0.25) is 0 Å². The molecule has 1 atom stereocenters. The summed E-state index contributed by atoms with van der Waals surface area (Å²) in [4.78, 5) is 21.4. The maximum atomic E-state index is 11.2. The minimum atomic E-state index is -1.77. The zero-order chi connectivity index (χ0) is 14.6. The van der Waals surface area contributed by atoms with E-state index < -0.39 is 16.5 Å². The van der Waals surface area contributed by atoms with Crippen molar-refractivity contribution in [3.63, 3.8) is 0 Å². The molecule has 1 aromatic rings. The van der Waals surface area contributed by atoms with Crippen molar-refractivity contribution in [3.8, 4) is 5.75 Å². The Labute approximate surface area is 109 Å². The molecule has 0 saturated carbocycles. The average molecular weight is 269 g/mol. The van der Waals surface area contributed by atoms with Gasteiger partial charge in [0.25, 0.3) is 5.69 Å². The average Bonchev–Trinajstić information content (AvgIpc) is 2.35. The van der Waals surface area contributed by atoms with Crippen molar-refractivity contribution in [1.82, 2.24) is 0 Å². The summed E-state index contributed by atoms with van der Waals surface area (Å²) in [5.41, 5.74) is -1.36. The van der Waals surface area contributed by atoms with Gasteiger partial charge in [-0.05, 0) is 26.0 Å². The highest BCUT2D eigenvalue weighted by atomic mass is 16.6. The number of ether oxygens (including phenoxy) is 2. The van der Waals surface area contributed by atoms with E-state index in [0.29, 0.717) is 11.3 Å². The predicted octanol–water partition coefficient (Wildman–Crippen LogP) is 1.21. The number of hydrogen-bond acceptors (Lipinski definition) is 6. The number of rotatable bonds is 5. The number of carbonyl (C=O) groups is 1. The molecular weight excluding hydrogens is 254 g/mol. The van der Waals surface area contributed by atoms with Crippen LogP contribution in [0.4, 0.5) is 5.69 Å². The van der Waals surface area contributed by atoms with Gasteiger partial charge in [-0.25, -0.2) is 4.79 Å². The van der Waals surface area contributed by atoms with E-state index in [0.717, 1.165) is 7.11 Å². The van der Waals surface area contributed by atoms with E-state index >= 15 is 0 Å². The molecule has 0 spiro atoms. The first kappa shape index (κ1) is 14.9. The third-order valence-corrected chi connectivity index (χ3v) is 2.51. The minimum Gasteiger partial charge on any atom is -0.490 e. The summed E-state index contributed by atoms with van der Waals surface area (Å²) in [6, 6.07) is 4.17. The number of esters is 1. The van der Waals surface area contributed by atoms with Gasteiger partial charge in [0, 0.05) is 11.6 Å². The summed E-state index contributed by atoms with van der Waals surface area (Å²) < 4.78 is 9.66. The van der Waals surface area contributed by atoms with Crippen LogP contribution in [0.1, 0.15) is 12.5 Å². The second-order valence-corrected chi connectivity index (χ2v) is 4.26. The molecule has 104 valence electrons. The Morgan fingerprint density at radius 2 is 2.16 bits per heavy atom. The van der Waals surface area contributed by atoms with E-state index in [2.05, 4.69) is 4.74 Å². The Balaban J connectivity index is 2.77. The zero-order valence-electron chi connectivity index (χ0n) is 10.9. The molecule has 1 aromatic carbocycles. The molecule has 1 unspecified atom stereocenters.